The minimum atomic E-state index is -4.10. The molecule has 11 heteroatoms. The molecule has 1 aliphatic heterocycles. The summed E-state index contributed by atoms with van der Waals surface area (Å²) in [5, 5.41) is -0.387. The number of rotatable bonds is 7. The maximum absolute atomic E-state index is 13.3. The van der Waals surface area contributed by atoms with E-state index in [-0.39, 0.29) is 32.9 Å². The van der Waals surface area contributed by atoms with Gasteiger partial charge in [0.15, 0.2) is 11.5 Å². The van der Waals surface area contributed by atoms with Crippen LogP contribution < -0.4 is 8.92 Å². The first-order valence-corrected chi connectivity index (χ1v) is 13.1. The molecule has 186 valence electrons. The molecule has 0 saturated carbocycles. The Morgan fingerprint density at radius 3 is 2.42 bits per heavy atom. The van der Waals surface area contributed by atoms with Crippen molar-refractivity contribution in [3.05, 3.63) is 93.1 Å². The summed E-state index contributed by atoms with van der Waals surface area (Å²) in [6, 6.07) is 14.4. The van der Waals surface area contributed by atoms with Gasteiger partial charge in [-0.3, -0.25) is 14.5 Å². The van der Waals surface area contributed by atoms with E-state index < -0.39 is 27.1 Å². The Morgan fingerprint density at radius 2 is 1.75 bits per heavy atom. The van der Waals surface area contributed by atoms with Crippen molar-refractivity contribution >= 4 is 50.7 Å². The van der Waals surface area contributed by atoms with E-state index in [1.165, 1.54) is 55.7 Å². The topological polar surface area (TPSA) is 90.0 Å². The first kappa shape index (κ1) is 25.7. The number of methoxy groups -OCH3 is 1. The lowest BCUT2D eigenvalue weighted by atomic mass is 10.1. The maximum Gasteiger partial charge on any atom is 0.339 e. The molecule has 4 rings (SSSR count). The van der Waals surface area contributed by atoms with E-state index in [0.29, 0.717) is 11.1 Å². The Bertz CT molecular complexity index is 1490. The molecular formula is C25H19ClFNO6S2. The van der Waals surface area contributed by atoms with Crippen LogP contribution in [0.15, 0.2) is 70.5 Å². The molecule has 7 nitrogen and oxygen atoms in total. The van der Waals surface area contributed by atoms with Crippen LogP contribution >= 0.6 is 23.4 Å². The Labute approximate surface area is 216 Å². The molecule has 0 atom stereocenters. The van der Waals surface area contributed by atoms with Crippen molar-refractivity contribution < 1.29 is 31.3 Å². The van der Waals surface area contributed by atoms with Crippen molar-refractivity contribution in [2.45, 2.75) is 18.4 Å². The van der Waals surface area contributed by atoms with Gasteiger partial charge in [-0.05, 0) is 72.3 Å². The van der Waals surface area contributed by atoms with E-state index in [4.69, 9.17) is 20.5 Å². The third-order valence-corrected chi connectivity index (χ3v) is 7.72. The summed E-state index contributed by atoms with van der Waals surface area (Å²) in [5.74, 6) is -0.969. The molecule has 1 heterocycles. The van der Waals surface area contributed by atoms with Gasteiger partial charge in [-0.1, -0.05) is 41.4 Å². The second-order valence-corrected chi connectivity index (χ2v) is 10.7. The molecule has 1 saturated heterocycles. The van der Waals surface area contributed by atoms with E-state index in [0.717, 1.165) is 28.3 Å². The standard InChI is InChI=1S/C25H19ClFNO6S2/c1-15-3-8-19(9-4-15)36(31,32)34-21-10-5-16(11-22(21)33-2)12-23-24(29)28(25(30)35-23)14-17-6-7-18(27)13-20(17)26/h3-13H,14H2,1-2H3/b23-12-. The van der Waals surface area contributed by atoms with Crippen molar-refractivity contribution in [2.75, 3.05) is 7.11 Å². The number of carbonyl (C=O) groups excluding carboxylic acids is 2. The fraction of sp³-hybridized carbons (Fsp3) is 0.120. The summed E-state index contributed by atoms with van der Waals surface area (Å²) >= 11 is 6.77. The van der Waals surface area contributed by atoms with E-state index in [9.17, 15) is 22.4 Å². The molecular weight excluding hydrogens is 529 g/mol. The molecule has 1 aliphatic rings. The van der Waals surface area contributed by atoms with Crippen LogP contribution in [0.25, 0.3) is 6.08 Å². The highest BCUT2D eigenvalue weighted by atomic mass is 35.5. The molecule has 36 heavy (non-hydrogen) atoms. The fourth-order valence-electron chi connectivity index (χ4n) is 3.32. The summed E-state index contributed by atoms with van der Waals surface area (Å²) in [5.41, 5.74) is 1.82. The first-order valence-electron chi connectivity index (χ1n) is 10.5. The first-order chi connectivity index (χ1) is 17.1. The Hall–Kier alpha value is -3.34. The monoisotopic (exact) mass is 547 g/mol. The van der Waals surface area contributed by atoms with Crippen LogP contribution in [0.2, 0.25) is 5.02 Å². The lowest BCUT2D eigenvalue weighted by Gasteiger charge is -2.13. The third-order valence-electron chi connectivity index (χ3n) is 5.21. The number of amides is 2. The molecule has 0 unspecified atom stereocenters. The van der Waals surface area contributed by atoms with Gasteiger partial charge in [0.2, 0.25) is 0 Å². The van der Waals surface area contributed by atoms with Gasteiger partial charge in [0.05, 0.1) is 18.6 Å². The summed E-state index contributed by atoms with van der Waals surface area (Å²) in [6.07, 6.45) is 1.48. The molecule has 0 radical (unpaired) electrons. The van der Waals surface area contributed by atoms with Crippen LogP contribution in [0.5, 0.6) is 11.5 Å². The Kier molecular flexibility index (Phi) is 7.39. The SMILES string of the molecule is COc1cc(/C=C2\SC(=O)N(Cc3ccc(F)cc3Cl)C2=O)ccc1OS(=O)(=O)c1ccc(C)cc1. The smallest absolute Gasteiger partial charge is 0.339 e. The normalized spacial score (nSPS) is 15.0. The number of ether oxygens (including phenoxy) is 1. The number of hydrogen-bond donors (Lipinski definition) is 0. The zero-order valence-electron chi connectivity index (χ0n) is 19.0. The highest BCUT2D eigenvalue weighted by Crippen LogP contribution is 2.36. The zero-order chi connectivity index (χ0) is 26.0. The van der Waals surface area contributed by atoms with Gasteiger partial charge >= 0.3 is 10.1 Å². The Morgan fingerprint density at radius 1 is 1.03 bits per heavy atom. The van der Waals surface area contributed by atoms with Crippen LogP contribution in [0.1, 0.15) is 16.7 Å². The van der Waals surface area contributed by atoms with Crippen molar-refractivity contribution in [3.63, 3.8) is 0 Å². The summed E-state index contributed by atoms with van der Waals surface area (Å²) in [4.78, 5) is 26.5. The predicted molar refractivity (Wildman–Crippen MR) is 135 cm³/mol. The van der Waals surface area contributed by atoms with Crippen molar-refractivity contribution in [3.8, 4) is 11.5 Å². The number of imide groups is 1. The van der Waals surface area contributed by atoms with Crippen LogP contribution in [-0.4, -0.2) is 31.6 Å². The van der Waals surface area contributed by atoms with Crippen molar-refractivity contribution in [2.24, 2.45) is 0 Å². The van der Waals surface area contributed by atoms with Crippen molar-refractivity contribution in [1.82, 2.24) is 4.90 Å². The zero-order valence-corrected chi connectivity index (χ0v) is 21.4. The molecule has 3 aromatic carbocycles. The number of thioether (sulfide) groups is 1. The summed E-state index contributed by atoms with van der Waals surface area (Å²) in [6.45, 7) is 1.74. The van der Waals surface area contributed by atoms with Crippen LogP contribution in [-0.2, 0) is 21.5 Å². The minimum absolute atomic E-state index is 0.00541. The lowest BCUT2D eigenvalue weighted by molar-refractivity contribution is -0.123. The molecule has 0 bridgehead atoms. The second-order valence-electron chi connectivity index (χ2n) is 7.76. The Balaban J connectivity index is 1.55. The molecule has 0 spiro atoms. The van der Waals surface area contributed by atoms with Gasteiger partial charge in [-0.25, -0.2) is 4.39 Å². The second kappa shape index (κ2) is 10.3. The van der Waals surface area contributed by atoms with Gasteiger partial charge in [-0.2, -0.15) is 8.42 Å². The molecule has 2 amide bonds. The van der Waals surface area contributed by atoms with E-state index in [1.54, 1.807) is 12.1 Å². The highest BCUT2D eigenvalue weighted by molar-refractivity contribution is 8.18. The number of nitrogens with zero attached hydrogens (tertiary/aromatic N) is 1. The van der Waals surface area contributed by atoms with Crippen LogP contribution in [0, 0.1) is 12.7 Å². The van der Waals surface area contributed by atoms with Gasteiger partial charge in [-0.15, -0.1) is 0 Å². The molecule has 0 aromatic heterocycles. The van der Waals surface area contributed by atoms with Crippen molar-refractivity contribution in [1.29, 1.82) is 0 Å². The number of aryl methyl sites for hydroxylation is 1. The quantitative estimate of drug-likeness (QED) is 0.273. The number of halogens is 2. The fourth-order valence-corrected chi connectivity index (χ4v) is 5.33. The summed E-state index contributed by atoms with van der Waals surface area (Å²) in [7, 11) is -2.74. The molecule has 0 N–H and O–H groups in total. The summed E-state index contributed by atoms with van der Waals surface area (Å²) < 4.78 is 49.1. The van der Waals surface area contributed by atoms with Gasteiger partial charge in [0, 0.05) is 5.02 Å². The number of carbonyl (C=O) groups is 2. The van der Waals surface area contributed by atoms with Gasteiger partial charge < -0.3 is 8.92 Å². The third kappa shape index (κ3) is 5.56. The average Bonchev–Trinajstić information content (AvgIpc) is 3.09. The largest absolute Gasteiger partial charge is 0.493 e. The number of hydrogen-bond acceptors (Lipinski definition) is 7. The maximum atomic E-state index is 13.3. The number of benzene rings is 3. The van der Waals surface area contributed by atoms with Gasteiger partial charge in [0.1, 0.15) is 10.7 Å². The van der Waals surface area contributed by atoms with Crippen LogP contribution in [0.4, 0.5) is 9.18 Å². The molecule has 0 aliphatic carbocycles. The molecule has 3 aromatic rings. The van der Waals surface area contributed by atoms with Gasteiger partial charge in [0.25, 0.3) is 11.1 Å². The highest BCUT2D eigenvalue weighted by Gasteiger charge is 2.35. The lowest BCUT2D eigenvalue weighted by Crippen LogP contribution is -2.27. The predicted octanol–water partition coefficient (Wildman–Crippen LogP) is 5.80. The van der Waals surface area contributed by atoms with E-state index in [2.05, 4.69) is 0 Å². The van der Waals surface area contributed by atoms with Crippen LogP contribution in [0.3, 0.4) is 0 Å². The average molecular weight is 548 g/mol. The van der Waals surface area contributed by atoms with E-state index >= 15 is 0 Å². The molecule has 1 fully saturated rings. The minimum Gasteiger partial charge on any atom is -0.493 e. The van der Waals surface area contributed by atoms with E-state index in [1.807, 2.05) is 6.92 Å².